The molecule has 0 radical (unpaired) electrons. The minimum absolute atomic E-state index is 0.0166. The second kappa shape index (κ2) is 8.54. The van der Waals surface area contributed by atoms with E-state index in [1.807, 2.05) is 44.2 Å². The molecule has 0 aliphatic heterocycles. The molecule has 2 amide bonds. The Labute approximate surface area is 132 Å². The van der Waals surface area contributed by atoms with E-state index >= 15 is 0 Å². The molecule has 0 saturated carbocycles. The second-order valence-electron chi connectivity index (χ2n) is 6.07. The number of carbonyl (C=O) groups excluding carboxylic acids is 2. The maximum atomic E-state index is 12.1. The van der Waals surface area contributed by atoms with Crippen LogP contribution in [0.1, 0.15) is 32.3 Å². The topological polar surface area (TPSA) is 75.4 Å². The summed E-state index contributed by atoms with van der Waals surface area (Å²) < 4.78 is 0. The lowest BCUT2D eigenvalue weighted by molar-refractivity contribution is -0.132. The van der Waals surface area contributed by atoms with Crippen LogP contribution in [-0.4, -0.2) is 42.9 Å². The van der Waals surface area contributed by atoms with Crippen LogP contribution in [-0.2, 0) is 9.59 Å². The number of nitrogens with zero attached hydrogens (tertiary/aromatic N) is 1. The number of hydrogen-bond donors (Lipinski definition) is 2. The molecule has 5 nitrogen and oxygen atoms in total. The van der Waals surface area contributed by atoms with Crippen molar-refractivity contribution in [2.75, 3.05) is 20.1 Å². The second-order valence-corrected chi connectivity index (χ2v) is 6.07. The number of benzene rings is 1. The Morgan fingerprint density at radius 1 is 1.18 bits per heavy atom. The van der Waals surface area contributed by atoms with Gasteiger partial charge in [0.25, 0.3) is 0 Å². The summed E-state index contributed by atoms with van der Waals surface area (Å²) in [6.45, 7) is 6.41. The summed E-state index contributed by atoms with van der Waals surface area (Å²) in [5.41, 5.74) is 6.93. The fourth-order valence-corrected chi connectivity index (χ4v) is 2.12. The fourth-order valence-electron chi connectivity index (χ4n) is 2.12. The first-order valence-electron chi connectivity index (χ1n) is 7.65. The zero-order chi connectivity index (χ0) is 16.7. The molecule has 0 fully saturated rings. The summed E-state index contributed by atoms with van der Waals surface area (Å²) in [5, 5.41) is 2.60. The highest BCUT2D eigenvalue weighted by Gasteiger charge is 2.19. The number of nitrogens with two attached hydrogens (primary N) is 1. The van der Waals surface area contributed by atoms with E-state index in [1.165, 1.54) is 5.56 Å². The highest BCUT2D eigenvalue weighted by Crippen LogP contribution is 2.15. The number of likely N-dealkylation sites (N-methyl/N-ethyl adjacent to an activating group) is 1. The van der Waals surface area contributed by atoms with Crippen LogP contribution in [0.15, 0.2) is 30.3 Å². The van der Waals surface area contributed by atoms with E-state index < -0.39 is 6.04 Å². The minimum atomic E-state index is -0.582. The largest absolute Gasteiger partial charge is 0.346 e. The predicted molar refractivity (Wildman–Crippen MR) is 88.3 cm³/mol. The van der Waals surface area contributed by atoms with Gasteiger partial charge in [-0.25, -0.2) is 0 Å². The van der Waals surface area contributed by atoms with Gasteiger partial charge in [-0.2, -0.15) is 0 Å². The van der Waals surface area contributed by atoms with E-state index in [0.29, 0.717) is 6.54 Å². The molecule has 1 aromatic rings. The van der Waals surface area contributed by atoms with Crippen LogP contribution in [0, 0.1) is 5.92 Å². The maximum Gasteiger partial charge on any atom is 0.241 e. The van der Waals surface area contributed by atoms with Crippen molar-refractivity contribution in [1.29, 1.82) is 0 Å². The Balaban J connectivity index is 2.44. The summed E-state index contributed by atoms with van der Waals surface area (Å²) in [4.78, 5) is 25.5. The van der Waals surface area contributed by atoms with Gasteiger partial charge >= 0.3 is 0 Å². The first kappa shape index (κ1) is 18.2. The molecule has 1 rings (SSSR count). The summed E-state index contributed by atoms with van der Waals surface area (Å²) in [7, 11) is 1.75. The van der Waals surface area contributed by atoms with Crippen LogP contribution in [0.4, 0.5) is 0 Å². The molecular formula is C17H27N3O2. The Bertz CT molecular complexity index is 488. The van der Waals surface area contributed by atoms with E-state index in [4.69, 9.17) is 5.73 Å². The van der Waals surface area contributed by atoms with Gasteiger partial charge in [0.15, 0.2) is 0 Å². The molecule has 22 heavy (non-hydrogen) atoms. The zero-order valence-corrected chi connectivity index (χ0v) is 13.9. The van der Waals surface area contributed by atoms with Crippen molar-refractivity contribution >= 4 is 11.8 Å². The van der Waals surface area contributed by atoms with Gasteiger partial charge in [-0.15, -0.1) is 0 Å². The molecule has 0 saturated heterocycles. The first-order chi connectivity index (χ1) is 10.3. The Kier molecular flexibility index (Phi) is 7.05. The number of carbonyl (C=O) groups is 2. The van der Waals surface area contributed by atoms with Gasteiger partial charge in [-0.05, 0) is 17.4 Å². The lowest BCUT2D eigenvalue weighted by atomic mass is 10.0. The molecule has 1 unspecified atom stereocenters. The Morgan fingerprint density at radius 2 is 1.77 bits per heavy atom. The van der Waals surface area contributed by atoms with E-state index in [9.17, 15) is 9.59 Å². The number of hydrogen-bond acceptors (Lipinski definition) is 3. The Morgan fingerprint density at radius 3 is 2.32 bits per heavy atom. The highest BCUT2D eigenvalue weighted by atomic mass is 16.2. The normalized spacial score (nSPS) is 13.5. The van der Waals surface area contributed by atoms with Gasteiger partial charge < -0.3 is 16.0 Å². The van der Waals surface area contributed by atoms with Crippen molar-refractivity contribution in [2.24, 2.45) is 11.7 Å². The monoisotopic (exact) mass is 305 g/mol. The zero-order valence-electron chi connectivity index (χ0n) is 13.9. The number of amides is 2. The summed E-state index contributed by atoms with van der Waals surface area (Å²) in [6.07, 6.45) is 0. The Hall–Kier alpha value is -1.88. The van der Waals surface area contributed by atoms with Crippen LogP contribution in [0.25, 0.3) is 0 Å². The standard InChI is InChI=1S/C17H27N3O2/c1-12(2)16(18)17(22)19-10-15(21)20(4)11-13(3)14-8-6-5-7-9-14/h5-9,12-13,16H,10-11,18H2,1-4H3,(H,19,22)/t13?,16-/m0/s1. The summed E-state index contributed by atoms with van der Waals surface area (Å²) in [5.74, 6) is -0.116. The van der Waals surface area contributed by atoms with Gasteiger partial charge in [0.1, 0.15) is 0 Å². The van der Waals surface area contributed by atoms with Gasteiger partial charge in [0.05, 0.1) is 12.6 Å². The molecule has 0 heterocycles. The lowest BCUT2D eigenvalue weighted by Gasteiger charge is -2.23. The molecule has 0 aromatic heterocycles. The summed E-state index contributed by atoms with van der Waals surface area (Å²) in [6, 6.07) is 9.46. The molecule has 1 aromatic carbocycles. The van der Waals surface area contributed by atoms with E-state index in [1.54, 1.807) is 11.9 Å². The predicted octanol–water partition coefficient (Wildman–Crippen LogP) is 1.35. The van der Waals surface area contributed by atoms with Crippen LogP contribution in [0.5, 0.6) is 0 Å². The van der Waals surface area contributed by atoms with Crippen molar-refractivity contribution in [3.05, 3.63) is 35.9 Å². The van der Waals surface area contributed by atoms with Gasteiger partial charge in [0.2, 0.25) is 11.8 Å². The average molecular weight is 305 g/mol. The van der Waals surface area contributed by atoms with Gasteiger partial charge in [-0.3, -0.25) is 9.59 Å². The summed E-state index contributed by atoms with van der Waals surface area (Å²) >= 11 is 0. The third kappa shape index (κ3) is 5.48. The quantitative estimate of drug-likeness (QED) is 0.798. The maximum absolute atomic E-state index is 12.1. The van der Waals surface area contributed by atoms with Crippen molar-refractivity contribution in [3.8, 4) is 0 Å². The minimum Gasteiger partial charge on any atom is -0.346 e. The third-order valence-electron chi connectivity index (χ3n) is 3.78. The molecule has 0 spiro atoms. The molecule has 3 N–H and O–H groups in total. The third-order valence-corrected chi connectivity index (χ3v) is 3.78. The van der Waals surface area contributed by atoms with Crippen molar-refractivity contribution < 1.29 is 9.59 Å². The smallest absolute Gasteiger partial charge is 0.241 e. The van der Waals surface area contributed by atoms with Crippen LogP contribution in [0.3, 0.4) is 0 Å². The average Bonchev–Trinajstić information content (AvgIpc) is 2.51. The molecule has 5 heteroatoms. The van der Waals surface area contributed by atoms with Crippen molar-refractivity contribution in [2.45, 2.75) is 32.7 Å². The van der Waals surface area contributed by atoms with Crippen molar-refractivity contribution in [1.82, 2.24) is 10.2 Å². The fraction of sp³-hybridized carbons (Fsp3) is 0.529. The van der Waals surface area contributed by atoms with E-state index in [2.05, 4.69) is 12.2 Å². The lowest BCUT2D eigenvalue weighted by Crippen LogP contribution is -2.47. The van der Waals surface area contributed by atoms with E-state index in [0.717, 1.165) is 0 Å². The van der Waals surface area contributed by atoms with Crippen molar-refractivity contribution in [3.63, 3.8) is 0 Å². The van der Waals surface area contributed by atoms with E-state index in [-0.39, 0.29) is 30.2 Å². The molecule has 0 aliphatic carbocycles. The van der Waals surface area contributed by atoms with Crippen LogP contribution in [0.2, 0.25) is 0 Å². The SMILES string of the molecule is CC(CN(C)C(=O)CNC(=O)[C@@H](N)C(C)C)c1ccccc1. The highest BCUT2D eigenvalue weighted by molar-refractivity contribution is 5.87. The molecule has 2 atom stereocenters. The molecule has 0 bridgehead atoms. The molecular weight excluding hydrogens is 278 g/mol. The van der Waals surface area contributed by atoms with Crippen LogP contribution >= 0.6 is 0 Å². The van der Waals surface area contributed by atoms with Gasteiger partial charge in [0, 0.05) is 13.6 Å². The molecule has 122 valence electrons. The first-order valence-corrected chi connectivity index (χ1v) is 7.65. The van der Waals surface area contributed by atoms with Crippen LogP contribution < -0.4 is 11.1 Å². The number of rotatable bonds is 7. The molecule has 0 aliphatic rings. The number of nitrogens with one attached hydrogen (secondary N) is 1. The van der Waals surface area contributed by atoms with Gasteiger partial charge in [-0.1, -0.05) is 51.1 Å².